The summed E-state index contributed by atoms with van der Waals surface area (Å²) in [5, 5.41) is 16.3. The van der Waals surface area contributed by atoms with Crippen molar-refractivity contribution in [1.29, 1.82) is 0 Å². The molecule has 0 aliphatic heterocycles. The maximum atomic E-state index is 11.8. The minimum Gasteiger partial charge on any atom is -0.461 e. The number of ether oxygens (including phenoxy) is 3. The van der Waals surface area contributed by atoms with Crippen LogP contribution in [0.5, 0.6) is 0 Å². The van der Waals surface area contributed by atoms with Gasteiger partial charge in [-0.3, -0.25) is 4.79 Å². The number of methoxy groups -OCH3 is 1. The first-order valence-corrected chi connectivity index (χ1v) is 16.8. The highest BCUT2D eigenvalue weighted by Gasteiger charge is 2.17. The van der Waals surface area contributed by atoms with Crippen molar-refractivity contribution < 1.29 is 43.3 Å². The molecule has 0 saturated carbocycles. The van der Waals surface area contributed by atoms with E-state index in [9.17, 15) is 14.4 Å². The average molecular weight is 735 g/mol. The van der Waals surface area contributed by atoms with E-state index < -0.39 is 11.7 Å². The smallest absolute Gasteiger partial charge is 0.452 e. The molecular weight excluding hydrogens is 680 g/mol. The number of nitrogens with zero attached hydrogens (tertiary/aromatic N) is 3. The number of aromatic amines is 1. The lowest BCUT2D eigenvalue weighted by Crippen LogP contribution is -2.22. The van der Waals surface area contributed by atoms with Crippen molar-refractivity contribution in [2.45, 2.75) is 85.6 Å². The SMILES string of the molecule is CC(C)(C)N=NC(=O)OC(C)(C)C.CCOC(=O)c1cccn1[C@H](C)c1ccccc1.COCC(=O)c1ccc[nH]1.C[C@H](O)c1ccccc1.O=C=O. The molecule has 13 nitrogen and oxygen atoms in total. The second kappa shape index (κ2) is 25.5. The number of rotatable bonds is 8. The van der Waals surface area contributed by atoms with E-state index in [4.69, 9.17) is 24.2 Å². The third-order valence-corrected chi connectivity index (χ3v) is 6.24. The molecule has 2 heterocycles. The molecule has 4 rings (SSSR count). The van der Waals surface area contributed by atoms with Crippen LogP contribution < -0.4 is 0 Å². The van der Waals surface area contributed by atoms with Crippen molar-refractivity contribution in [2.24, 2.45) is 10.2 Å². The van der Waals surface area contributed by atoms with Crippen LogP contribution in [0.4, 0.5) is 4.79 Å². The second-order valence-electron chi connectivity index (χ2n) is 13.1. The fraction of sp³-hybridized carbons (Fsp3) is 0.400. The van der Waals surface area contributed by atoms with E-state index in [0.29, 0.717) is 18.0 Å². The van der Waals surface area contributed by atoms with Crippen molar-refractivity contribution >= 4 is 24.0 Å². The first kappa shape index (κ1) is 47.5. The number of hydrogen-bond acceptors (Lipinski definition) is 10. The third kappa shape index (κ3) is 22.1. The largest absolute Gasteiger partial charge is 0.461 e. The van der Waals surface area contributed by atoms with Crippen molar-refractivity contribution in [2.75, 3.05) is 20.3 Å². The molecule has 13 heteroatoms. The van der Waals surface area contributed by atoms with Gasteiger partial charge in [-0.05, 0) is 97.7 Å². The van der Waals surface area contributed by atoms with Gasteiger partial charge in [-0.25, -0.2) is 9.59 Å². The number of azo groups is 1. The highest BCUT2D eigenvalue weighted by molar-refractivity contribution is 5.95. The zero-order chi connectivity index (χ0) is 40.5. The highest BCUT2D eigenvalue weighted by atomic mass is 16.6. The first-order valence-electron chi connectivity index (χ1n) is 16.8. The van der Waals surface area contributed by atoms with E-state index in [1.165, 1.54) is 12.7 Å². The molecule has 0 aliphatic carbocycles. The third-order valence-electron chi connectivity index (χ3n) is 6.24. The fourth-order valence-corrected chi connectivity index (χ4v) is 3.92. The molecule has 0 radical (unpaired) electrons. The number of aromatic nitrogens is 2. The number of aliphatic hydroxyl groups excluding tert-OH is 1. The van der Waals surface area contributed by atoms with Crippen LogP contribution >= 0.6 is 0 Å². The van der Waals surface area contributed by atoms with Gasteiger partial charge >= 0.3 is 18.2 Å². The quantitative estimate of drug-likeness (QED) is 0.102. The molecular formula is C40H54N4O9. The van der Waals surface area contributed by atoms with Crippen LogP contribution in [0.3, 0.4) is 0 Å². The first-order chi connectivity index (χ1) is 24.9. The van der Waals surface area contributed by atoms with Gasteiger partial charge in [0.25, 0.3) is 0 Å². The lowest BCUT2D eigenvalue weighted by Gasteiger charge is -2.17. The van der Waals surface area contributed by atoms with Crippen molar-refractivity contribution in [3.8, 4) is 0 Å². The fourth-order valence-electron chi connectivity index (χ4n) is 3.92. The summed E-state index contributed by atoms with van der Waals surface area (Å²) in [6, 6.07) is 27.0. The van der Waals surface area contributed by atoms with Crippen LogP contribution in [0.1, 0.15) is 107 Å². The molecule has 0 saturated heterocycles. The topological polar surface area (TPSA) is 179 Å². The molecule has 53 heavy (non-hydrogen) atoms. The summed E-state index contributed by atoms with van der Waals surface area (Å²) >= 11 is 0. The molecule has 0 aliphatic rings. The number of H-pyrrole nitrogens is 1. The molecule has 2 aromatic heterocycles. The van der Waals surface area contributed by atoms with Gasteiger partial charge in [-0.1, -0.05) is 65.8 Å². The summed E-state index contributed by atoms with van der Waals surface area (Å²) in [5.41, 5.74) is 2.48. The number of esters is 1. The molecule has 2 N–H and O–H groups in total. The van der Waals surface area contributed by atoms with Gasteiger partial charge in [-0.15, -0.1) is 0 Å². The lowest BCUT2D eigenvalue weighted by molar-refractivity contribution is -0.191. The zero-order valence-corrected chi connectivity index (χ0v) is 32.4. The summed E-state index contributed by atoms with van der Waals surface area (Å²) in [7, 11) is 1.50. The molecule has 0 bridgehead atoms. The van der Waals surface area contributed by atoms with Gasteiger partial charge < -0.3 is 28.9 Å². The number of nitrogens with one attached hydrogen (secondary N) is 1. The Bertz CT molecular complexity index is 1650. The minimum absolute atomic E-state index is 0.0208. The lowest BCUT2D eigenvalue weighted by atomic mass is 10.1. The second-order valence-corrected chi connectivity index (χ2v) is 13.1. The molecule has 2 aromatic carbocycles. The number of carbonyl (C=O) groups excluding carboxylic acids is 5. The number of aliphatic hydroxyl groups is 1. The molecule has 0 fully saturated rings. The maximum absolute atomic E-state index is 11.8. The Hall–Kier alpha value is -5.49. The van der Waals surface area contributed by atoms with Crippen LogP contribution in [-0.2, 0) is 23.8 Å². The van der Waals surface area contributed by atoms with Gasteiger partial charge in [-0.2, -0.15) is 14.7 Å². The van der Waals surface area contributed by atoms with Gasteiger partial charge in [0.1, 0.15) is 17.9 Å². The summed E-state index contributed by atoms with van der Waals surface area (Å²) in [4.78, 5) is 52.8. The number of benzene rings is 2. The minimum atomic E-state index is -0.637. The van der Waals surface area contributed by atoms with Crippen molar-refractivity contribution in [3.05, 3.63) is 120 Å². The summed E-state index contributed by atoms with van der Waals surface area (Å²) in [6.07, 6.45) is 2.89. The van der Waals surface area contributed by atoms with Gasteiger partial charge in [0.15, 0.2) is 0 Å². The Balaban J connectivity index is 0.000000686. The molecule has 288 valence electrons. The predicted molar refractivity (Wildman–Crippen MR) is 201 cm³/mol. The molecule has 0 spiro atoms. The van der Waals surface area contributed by atoms with Crippen LogP contribution in [0.15, 0.2) is 108 Å². The maximum Gasteiger partial charge on any atom is 0.452 e. The van der Waals surface area contributed by atoms with Gasteiger partial charge in [0.2, 0.25) is 5.78 Å². The summed E-state index contributed by atoms with van der Waals surface area (Å²) < 4.78 is 16.6. The van der Waals surface area contributed by atoms with Crippen molar-refractivity contribution in [3.63, 3.8) is 0 Å². The van der Waals surface area contributed by atoms with E-state index in [2.05, 4.69) is 39.0 Å². The number of Topliss-reactive ketones (excluding diaryl/α,β-unsaturated/α-hetero) is 1. The molecule has 0 unspecified atom stereocenters. The Morgan fingerprint density at radius 1 is 0.849 bits per heavy atom. The standard InChI is InChI=1S/C15H17NO2.C9H18N2O2.C8H10O.C7H9NO2.CO2/c1-3-18-15(17)14-10-7-11-16(14)12(2)13-8-5-4-6-9-13;1-8(2,3)11-10-7(12)13-9(4,5)6;1-7(9)8-5-3-2-4-6-8;1-10-5-7(9)6-3-2-4-8-6;2-1-3/h4-12H,3H2,1-2H3;1-6H3;2-7,9H,1H3;2-4,8H,5H2,1H3;/t12-;;7-;;/m1.0../s1. The van der Waals surface area contributed by atoms with Crippen LogP contribution in [0.25, 0.3) is 0 Å². The highest BCUT2D eigenvalue weighted by Crippen LogP contribution is 2.20. The Morgan fingerprint density at radius 2 is 1.40 bits per heavy atom. The van der Waals surface area contributed by atoms with Crippen molar-refractivity contribution in [1.82, 2.24) is 9.55 Å². The van der Waals surface area contributed by atoms with E-state index in [-0.39, 0.29) is 42.2 Å². The van der Waals surface area contributed by atoms with Crippen LogP contribution in [0, 0.1) is 0 Å². The molecule has 1 amide bonds. The van der Waals surface area contributed by atoms with Gasteiger partial charge in [0, 0.05) is 19.5 Å². The monoisotopic (exact) mass is 734 g/mol. The van der Waals surface area contributed by atoms with E-state index in [1.807, 2.05) is 93.1 Å². The van der Waals surface area contributed by atoms with Gasteiger partial charge in [0.05, 0.1) is 30.0 Å². The average Bonchev–Trinajstić information content (AvgIpc) is 3.82. The summed E-state index contributed by atoms with van der Waals surface area (Å²) in [5.74, 6) is -0.294. The predicted octanol–water partition coefficient (Wildman–Crippen LogP) is 8.45. The Labute approximate surface area is 312 Å². The van der Waals surface area contributed by atoms with Crippen LogP contribution in [-0.4, -0.2) is 70.1 Å². The number of ketones is 1. The van der Waals surface area contributed by atoms with E-state index >= 15 is 0 Å². The number of carbonyl (C=O) groups is 3. The summed E-state index contributed by atoms with van der Waals surface area (Å²) in [6.45, 7) is 17.1. The van der Waals surface area contributed by atoms with E-state index in [0.717, 1.165) is 5.56 Å². The van der Waals surface area contributed by atoms with E-state index in [1.54, 1.807) is 52.1 Å². The zero-order valence-electron chi connectivity index (χ0n) is 32.4. The van der Waals surface area contributed by atoms with Crippen LogP contribution in [0.2, 0.25) is 0 Å². The Kier molecular flexibility index (Phi) is 22.8. The molecule has 4 aromatic rings. The number of amides is 1. The number of hydrogen-bond donors (Lipinski definition) is 2. The Morgan fingerprint density at radius 3 is 1.81 bits per heavy atom. The molecule has 2 atom stereocenters. The normalized spacial score (nSPS) is 11.6.